The topological polar surface area (TPSA) is 45.2 Å². The summed E-state index contributed by atoms with van der Waals surface area (Å²) in [7, 11) is 0. The van der Waals surface area contributed by atoms with Crippen molar-refractivity contribution in [3.05, 3.63) is 95.8 Å². The number of benzene rings is 2. The zero-order valence-corrected chi connectivity index (χ0v) is 14.5. The van der Waals surface area contributed by atoms with Gasteiger partial charge in [-0.2, -0.15) is 0 Å². The predicted molar refractivity (Wildman–Crippen MR) is 103 cm³/mol. The second-order valence-electron chi connectivity index (χ2n) is 6.39. The molecule has 0 radical (unpaired) electrons. The molecule has 0 saturated carbocycles. The van der Waals surface area contributed by atoms with Crippen molar-refractivity contribution >= 4 is 5.69 Å². The molecule has 3 aromatic rings. The van der Waals surface area contributed by atoms with Gasteiger partial charge in [0.1, 0.15) is 0 Å². The molecular formula is C22H24N2O. The SMILES string of the molecule is Cc1ccc([C@@H](O)C[C@H](Cc2ccccn2)Nc2ccccc2)cc1. The number of anilines is 1. The molecule has 0 amide bonds. The molecule has 3 heteroatoms. The van der Waals surface area contributed by atoms with Crippen LogP contribution < -0.4 is 5.32 Å². The molecule has 25 heavy (non-hydrogen) atoms. The molecule has 0 bridgehead atoms. The normalized spacial score (nSPS) is 13.2. The van der Waals surface area contributed by atoms with E-state index >= 15 is 0 Å². The highest BCUT2D eigenvalue weighted by Crippen LogP contribution is 2.22. The van der Waals surface area contributed by atoms with Gasteiger partial charge in [0.25, 0.3) is 0 Å². The summed E-state index contributed by atoms with van der Waals surface area (Å²) in [5.41, 5.74) is 4.22. The quantitative estimate of drug-likeness (QED) is 0.668. The summed E-state index contributed by atoms with van der Waals surface area (Å²) in [4.78, 5) is 4.43. The van der Waals surface area contributed by atoms with Crippen molar-refractivity contribution in [3.8, 4) is 0 Å². The molecular weight excluding hydrogens is 308 g/mol. The number of aliphatic hydroxyl groups excluding tert-OH is 1. The van der Waals surface area contributed by atoms with E-state index in [1.165, 1.54) is 5.56 Å². The molecule has 0 aliphatic heterocycles. The van der Waals surface area contributed by atoms with Crippen LogP contribution in [0.3, 0.4) is 0 Å². The largest absolute Gasteiger partial charge is 0.388 e. The van der Waals surface area contributed by atoms with Crippen LogP contribution in [0, 0.1) is 6.92 Å². The summed E-state index contributed by atoms with van der Waals surface area (Å²) in [5, 5.41) is 14.2. The fraction of sp³-hybridized carbons (Fsp3) is 0.227. The zero-order chi connectivity index (χ0) is 17.5. The van der Waals surface area contributed by atoms with Gasteiger partial charge in [-0.1, -0.05) is 54.1 Å². The molecule has 0 saturated heterocycles. The van der Waals surface area contributed by atoms with Crippen LogP contribution in [0.1, 0.15) is 29.3 Å². The van der Waals surface area contributed by atoms with Gasteiger partial charge in [-0.3, -0.25) is 4.98 Å². The first-order valence-corrected chi connectivity index (χ1v) is 8.67. The minimum atomic E-state index is -0.509. The van der Waals surface area contributed by atoms with Crippen LogP contribution in [0.2, 0.25) is 0 Å². The van der Waals surface area contributed by atoms with Gasteiger partial charge in [0.15, 0.2) is 0 Å². The molecule has 2 N–H and O–H groups in total. The Kier molecular flexibility index (Phi) is 5.81. The summed E-state index contributed by atoms with van der Waals surface area (Å²) in [6.45, 7) is 2.05. The van der Waals surface area contributed by atoms with E-state index in [-0.39, 0.29) is 6.04 Å². The molecule has 0 aliphatic rings. The smallest absolute Gasteiger partial charge is 0.0809 e. The lowest BCUT2D eigenvalue weighted by Crippen LogP contribution is -2.25. The van der Waals surface area contributed by atoms with Crippen molar-refractivity contribution in [2.75, 3.05) is 5.32 Å². The van der Waals surface area contributed by atoms with Gasteiger partial charge < -0.3 is 10.4 Å². The Morgan fingerprint density at radius 3 is 2.32 bits per heavy atom. The maximum atomic E-state index is 10.7. The number of hydrogen-bond acceptors (Lipinski definition) is 3. The second kappa shape index (κ2) is 8.45. The fourth-order valence-corrected chi connectivity index (χ4v) is 2.93. The third kappa shape index (κ3) is 5.16. The van der Waals surface area contributed by atoms with Crippen molar-refractivity contribution in [1.82, 2.24) is 4.98 Å². The highest BCUT2D eigenvalue weighted by atomic mass is 16.3. The maximum Gasteiger partial charge on any atom is 0.0809 e. The van der Waals surface area contributed by atoms with Crippen molar-refractivity contribution in [1.29, 1.82) is 0 Å². The molecule has 3 rings (SSSR count). The lowest BCUT2D eigenvalue weighted by molar-refractivity contribution is 0.160. The maximum absolute atomic E-state index is 10.7. The van der Waals surface area contributed by atoms with Crippen LogP contribution in [-0.2, 0) is 6.42 Å². The van der Waals surface area contributed by atoms with Gasteiger partial charge >= 0.3 is 0 Å². The van der Waals surface area contributed by atoms with E-state index in [2.05, 4.69) is 17.2 Å². The van der Waals surface area contributed by atoms with E-state index in [0.717, 1.165) is 23.4 Å². The Morgan fingerprint density at radius 2 is 1.64 bits per heavy atom. The average Bonchev–Trinajstić information content (AvgIpc) is 2.64. The van der Waals surface area contributed by atoms with Crippen molar-refractivity contribution in [2.24, 2.45) is 0 Å². The number of aromatic nitrogens is 1. The number of pyridine rings is 1. The molecule has 2 aromatic carbocycles. The Labute approximate surface area is 149 Å². The molecule has 1 aromatic heterocycles. The van der Waals surface area contributed by atoms with Crippen LogP contribution >= 0.6 is 0 Å². The van der Waals surface area contributed by atoms with Crippen LogP contribution in [0.15, 0.2) is 79.0 Å². The summed E-state index contributed by atoms with van der Waals surface area (Å²) in [6, 6.07) is 24.2. The summed E-state index contributed by atoms with van der Waals surface area (Å²) >= 11 is 0. The van der Waals surface area contributed by atoms with Gasteiger partial charge in [0.2, 0.25) is 0 Å². The van der Waals surface area contributed by atoms with Crippen LogP contribution in [0.5, 0.6) is 0 Å². The third-order valence-corrected chi connectivity index (χ3v) is 4.30. The van der Waals surface area contributed by atoms with Crippen molar-refractivity contribution < 1.29 is 5.11 Å². The summed E-state index contributed by atoms with van der Waals surface area (Å²) in [6.07, 6.45) is 2.68. The Balaban J connectivity index is 1.74. The van der Waals surface area contributed by atoms with E-state index in [1.54, 1.807) is 0 Å². The molecule has 3 nitrogen and oxygen atoms in total. The first-order valence-electron chi connectivity index (χ1n) is 8.67. The summed E-state index contributed by atoms with van der Waals surface area (Å²) in [5.74, 6) is 0. The van der Waals surface area contributed by atoms with Crippen LogP contribution in [0.4, 0.5) is 5.69 Å². The lowest BCUT2D eigenvalue weighted by Gasteiger charge is -2.23. The van der Waals surface area contributed by atoms with E-state index < -0.39 is 6.10 Å². The molecule has 0 unspecified atom stereocenters. The number of nitrogens with zero attached hydrogens (tertiary/aromatic N) is 1. The van der Waals surface area contributed by atoms with Gasteiger partial charge in [-0.15, -0.1) is 0 Å². The standard InChI is InChI=1S/C22H24N2O/c1-17-10-12-18(13-11-17)22(25)16-21(15-20-9-5-6-14-23-20)24-19-7-3-2-4-8-19/h2-14,21-22,24-25H,15-16H2,1H3/t21-,22-/m0/s1. The number of aryl methyl sites for hydroxylation is 1. The van der Waals surface area contributed by atoms with Gasteiger partial charge in [0.05, 0.1) is 6.10 Å². The molecule has 0 aliphatic carbocycles. The van der Waals surface area contributed by atoms with Crippen molar-refractivity contribution in [2.45, 2.75) is 31.9 Å². The zero-order valence-electron chi connectivity index (χ0n) is 14.5. The fourth-order valence-electron chi connectivity index (χ4n) is 2.93. The van der Waals surface area contributed by atoms with E-state index in [9.17, 15) is 5.11 Å². The molecule has 0 fully saturated rings. The predicted octanol–water partition coefficient (Wildman–Crippen LogP) is 4.54. The van der Waals surface area contributed by atoms with Crippen LogP contribution in [0.25, 0.3) is 0 Å². The number of para-hydroxylation sites is 1. The molecule has 0 spiro atoms. The minimum absolute atomic E-state index is 0.0913. The second-order valence-corrected chi connectivity index (χ2v) is 6.39. The number of aliphatic hydroxyl groups is 1. The highest BCUT2D eigenvalue weighted by Gasteiger charge is 2.17. The first-order chi connectivity index (χ1) is 12.2. The number of nitrogens with one attached hydrogen (secondary N) is 1. The number of hydrogen-bond donors (Lipinski definition) is 2. The highest BCUT2D eigenvalue weighted by molar-refractivity contribution is 5.43. The minimum Gasteiger partial charge on any atom is -0.388 e. The Bertz CT molecular complexity index is 716. The summed E-state index contributed by atoms with van der Waals surface area (Å²) < 4.78 is 0. The lowest BCUT2D eigenvalue weighted by atomic mass is 9.97. The van der Waals surface area contributed by atoms with Crippen LogP contribution in [-0.4, -0.2) is 16.1 Å². The Hall–Kier alpha value is -2.65. The monoisotopic (exact) mass is 332 g/mol. The first kappa shape index (κ1) is 17.2. The molecule has 1 heterocycles. The van der Waals surface area contributed by atoms with Gasteiger partial charge in [-0.05, 0) is 43.2 Å². The Morgan fingerprint density at radius 1 is 0.920 bits per heavy atom. The van der Waals surface area contributed by atoms with Gasteiger partial charge in [-0.25, -0.2) is 0 Å². The number of rotatable bonds is 7. The van der Waals surface area contributed by atoms with E-state index in [1.807, 2.05) is 79.0 Å². The molecule has 128 valence electrons. The molecule has 2 atom stereocenters. The average molecular weight is 332 g/mol. The van der Waals surface area contributed by atoms with E-state index in [4.69, 9.17) is 0 Å². The van der Waals surface area contributed by atoms with Gasteiger partial charge in [0, 0.05) is 30.0 Å². The van der Waals surface area contributed by atoms with Crippen molar-refractivity contribution in [3.63, 3.8) is 0 Å². The third-order valence-electron chi connectivity index (χ3n) is 4.30. The van der Waals surface area contributed by atoms with E-state index in [0.29, 0.717) is 6.42 Å².